The Morgan fingerprint density at radius 2 is 2.24 bits per heavy atom. The standard InChI is InChI=1S/C12H20N4O/c1-6-7-16(12(2,3)4)11(17)9-8-14-15(5)10(9)13/h6,8H,1,7,13H2,2-5H3. The van der Waals surface area contributed by atoms with Gasteiger partial charge in [-0.3, -0.25) is 9.48 Å². The number of hydrogen-bond donors (Lipinski definition) is 1. The highest BCUT2D eigenvalue weighted by Crippen LogP contribution is 2.20. The zero-order valence-corrected chi connectivity index (χ0v) is 10.9. The lowest BCUT2D eigenvalue weighted by molar-refractivity contribution is 0.0617. The van der Waals surface area contributed by atoms with Gasteiger partial charge < -0.3 is 10.6 Å². The van der Waals surface area contributed by atoms with E-state index in [-0.39, 0.29) is 11.4 Å². The van der Waals surface area contributed by atoms with Crippen LogP contribution >= 0.6 is 0 Å². The molecule has 0 unspecified atom stereocenters. The molecule has 1 amide bonds. The van der Waals surface area contributed by atoms with E-state index in [1.807, 2.05) is 20.8 Å². The molecule has 0 spiro atoms. The van der Waals surface area contributed by atoms with Crippen LogP contribution in [0.4, 0.5) is 5.82 Å². The van der Waals surface area contributed by atoms with Gasteiger partial charge in [-0.2, -0.15) is 5.10 Å². The molecule has 0 radical (unpaired) electrons. The number of aromatic nitrogens is 2. The van der Waals surface area contributed by atoms with Crippen molar-refractivity contribution >= 4 is 11.7 Å². The van der Waals surface area contributed by atoms with Crippen molar-refractivity contribution in [3.05, 3.63) is 24.4 Å². The molecule has 0 saturated carbocycles. The molecule has 0 fully saturated rings. The van der Waals surface area contributed by atoms with Gasteiger partial charge in [0, 0.05) is 19.1 Å². The van der Waals surface area contributed by atoms with E-state index >= 15 is 0 Å². The minimum atomic E-state index is -0.284. The average Bonchev–Trinajstić information content (AvgIpc) is 2.54. The minimum absolute atomic E-state index is 0.122. The number of hydrogen-bond acceptors (Lipinski definition) is 3. The van der Waals surface area contributed by atoms with Gasteiger partial charge in [-0.05, 0) is 20.8 Å². The first-order valence-electron chi connectivity index (χ1n) is 5.49. The number of carbonyl (C=O) groups is 1. The molecular formula is C12H20N4O. The molecule has 0 saturated heterocycles. The van der Waals surface area contributed by atoms with Gasteiger partial charge in [0.05, 0.1) is 6.20 Å². The molecule has 2 N–H and O–H groups in total. The van der Waals surface area contributed by atoms with Crippen LogP contribution in [0.1, 0.15) is 31.1 Å². The van der Waals surface area contributed by atoms with Crippen LogP contribution in [0.25, 0.3) is 0 Å². The molecule has 5 heteroatoms. The molecule has 17 heavy (non-hydrogen) atoms. The summed E-state index contributed by atoms with van der Waals surface area (Å²) in [5.41, 5.74) is 5.96. The Bertz CT molecular complexity index is 428. The number of nitrogens with zero attached hydrogens (tertiary/aromatic N) is 3. The van der Waals surface area contributed by atoms with E-state index in [0.717, 1.165) is 0 Å². The van der Waals surface area contributed by atoms with Gasteiger partial charge in [-0.15, -0.1) is 6.58 Å². The second-order valence-electron chi connectivity index (χ2n) is 4.94. The zero-order valence-electron chi connectivity index (χ0n) is 10.9. The van der Waals surface area contributed by atoms with Crippen LogP contribution in [-0.4, -0.2) is 32.7 Å². The summed E-state index contributed by atoms with van der Waals surface area (Å²) < 4.78 is 1.49. The van der Waals surface area contributed by atoms with Crippen molar-refractivity contribution in [1.82, 2.24) is 14.7 Å². The second-order valence-corrected chi connectivity index (χ2v) is 4.94. The molecule has 0 aromatic carbocycles. The molecule has 0 aliphatic heterocycles. The maximum absolute atomic E-state index is 12.4. The van der Waals surface area contributed by atoms with Crippen molar-refractivity contribution in [2.75, 3.05) is 12.3 Å². The van der Waals surface area contributed by atoms with E-state index in [0.29, 0.717) is 17.9 Å². The van der Waals surface area contributed by atoms with Crippen LogP contribution in [0.3, 0.4) is 0 Å². The summed E-state index contributed by atoms with van der Waals surface area (Å²) >= 11 is 0. The molecule has 1 aromatic heterocycles. The quantitative estimate of drug-likeness (QED) is 0.807. The topological polar surface area (TPSA) is 64.2 Å². The smallest absolute Gasteiger partial charge is 0.259 e. The normalized spacial score (nSPS) is 11.3. The summed E-state index contributed by atoms with van der Waals surface area (Å²) in [6.45, 7) is 10.1. The third kappa shape index (κ3) is 2.67. The van der Waals surface area contributed by atoms with Crippen LogP contribution in [0, 0.1) is 0 Å². The summed E-state index contributed by atoms with van der Waals surface area (Å²) in [5, 5.41) is 3.98. The molecule has 1 aromatic rings. The van der Waals surface area contributed by atoms with Crippen molar-refractivity contribution in [3.63, 3.8) is 0 Å². The molecule has 0 aliphatic carbocycles. The van der Waals surface area contributed by atoms with Gasteiger partial charge in [-0.1, -0.05) is 6.08 Å². The highest BCUT2D eigenvalue weighted by molar-refractivity contribution is 5.98. The molecule has 1 heterocycles. The number of rotatable bonds is 3. The number of amides is 1. The van der Waals surface area contributed by atoms with Crippen LogP contribution in [0.15, 0.2) is 18.9 Å². The van der Waals surface area contributed by atoms with Gasteiger partial charge in [0.25, 0.3) is 5.91 Å². The van der Waals surface area contributed by atoms with Crippen molar-refractivity contribution < 1.29 is 4.79 Å². The van der Waals surface area contributed by atoms with E-state index in [4.69, 9.17) is 5.73 Å². The average molecular weight is 236 g/mol. The fourth-order valence-electron chi connectivity index (χ4n) is 1.55. The van der Waals surface area contributed by atoms with Crippen LogP contribution in [0.2, 0.25) is 0 Å². The number of nitrogens with two attached hydrogens (primary N) is 1. The third-order valence-corrected chi connectivity index (χ3v) is 2.58. The van der Waals surface area contributed by atoms with Crippen LogP contribution < -0.4 is 5.73 Å². The lowest BCUT2D eigenvalue weighted by Crippen LogP contribution is -2.45. The first-order valence-corrected chi connectivity index (χ1v) is 5.49. The highest BCUT2D eigenvalue weighted by atomic mass is 16.2. The highest BCUT2D eigenvalue weighted by Gasteiger charge is 2.28. The molecule has 0 aliphatic rings. The van der Waals surface area contributed by atoms with E-state index in [1.54, 1.807) is 18.0 Å². The first kappa shape index (κ1) is 13.3. The Morgan fingerprint density at radius 1 is 1.65 bits per heavy atom. The van der Waals surface area contributed by atoms with E-state index < -0.39 is 0 Å². The zero-order chi connectivity index (χ0) is 13.2. The molecule has 0 atom stereocenters. The number of aryl methyl sites for hydroxylation is 1. The predicted octanol–water partition coefficient (Wildman–Crippen LogP) is 1.43. The lowest BCUT2D eigenvalue weighted by atomic mass is 10.0. The van der Waals surface area contributed by atoms with Crippen LogP contribution in [0.5, 0.6) is 0 Å². The summed E-state index contributed by atoms with van der Waals surface area (Å²) in [4.78, 5) is 14.1. The Kier molecular flexibility index (Phi) is 3.60. The maximum atomic E-state index is 12.4. The SMILES string of the molecule is C=CCN(C(=O)c1cnn(C)c1N)C(C)(C)C. The number of carbonyl (C=O) groups excluding carboxylic acids is 1. The van der Waals surface area contributed by atoms with Gasteiger partial charge in [0.1, 0.15) is 11.4 Å². The van der Waals surface area contributed by atoms with Crippen molar-refractivity contribution in [2.45, 2.75) is 26.3 Å². The predicted molar refractivity (Wildman–Crippen MR) is 68.6 cm³/mol. The fraction of sp³-hybridized carbons (Fsp3) is 0.500. The number of anilines is 1. The molecule has 5 nitrogen and oxygen atoms in total. The number of nitrogen functional groups attached to an aromatic ring is 1. The Labute approximate surface area is 102 Å². The lowest BCUT2D eigenvalue weighted by Gasteiger charge is -2.34. The van der Waals surface area contributed by atoms with E-state index in [9.17, 15) is 4.79 Å². The van der Waals surface area contributed by atoms with E-state index in [2.05, 4.69) is 11.7 Å². The Hall–Kier alpha value is -1.78. The molecular weight excluding hydrogens is 216 g/mol. The minimum Gasteiger partial charge on any atom is -0.383 e. The Morgan fingerprint density at radius 3 is 2.59 bits per heavy atom. The molecule has 0 bridgehead atoms. The summed E-state index contributed by atoms with van der Waals surface area (Å²) in [7, 11) is 1.71. The van der Waals surface area contributed by atoms with Crippen molar-refractivity contribution in [2.24, 2.45) is 7.05 Å². The monoisotopic (exact) mass is 236 g/mol. The van der Waals surface area contributed by atoms with E-state index in [1.165, 1.54) is 10.9 Å². The molecule has 94 valence electrons. The summed E-state index contributed by atoms with van der Waals surface area (Å²) in [6.07, 6.45) is 3.20. The second kappa shape index (κ2) is 4.61. The van der Waals surface area contributed by atoms with Gasteiger partial charge in [-0.25, -0.2) is 0 Å². The largest absolute Gasteiger partial charge is 0.383 e. The van der Waals surface area contributed by atoms with Gasteiger partial charge >= 0.3 is 0 Å². The first-order chi connectivity index (χ1) is 7.79. The van der Waals surface area contributed by atoms with Crippen molar-refractivity contribution in [1.29, 1.82) is 0 Å². The maximum Gasteiger partial charge on any atom is 0.259 e. The Balaban J connectivity index is 3.08. The molecule has 1 rings (SSSR count). The van der Waals surface area contributed by atoms with Gasteiger partial charge in [0.15, 0.2) is 0 Å². The van der Waals surface area contributed by atoms with Crippen molar-refractivity contribution in [3.8, 4) is 0 Å². The third-order valence-electron chi connectivity index (χ3n) is 2.58. The summed E-state index contributed by atoms with van der Waals surface area (Å²) in [6, 6.07) is 0. The van der Waals surface area contributed by atoms with Crippen LogP contribution in [-0.2, 0) is 7.05 Å². The van der Waals surface area contributed by atoms with Gasteiger partial charge in [0.2, 0.25) is 0 Å². The summed E-state index contributed by atoms with van der Waals surface area (Å²) in [5.74, 6) is 0.260. The fourth-order valence-corrected chi connectivity index (χ4v) is 1.55.